The van der Waals surface area contributed by atoms with Gasteiger partial charge in [0.25, 0.3) is 0 Å². The molecule has 1 aromatic rings. The monoisotopic (exact) mass is 263 g/mol. The van der Waals surface area contributed by atoms with Crippen molar-refractivity contribution in [1.82, 2.24) is 5.32 Å². The minimum atomic E-state index is -0.373. The lowest BCUT2D eigenvalue weighted by molar-refractivity contribution is -0.126. The van der Waals surface area contributed by atoms with Crippen LogP contribution in [0, 0.1) is 0 Å². The SMILES string of the molecule is CNC(c1occc1Br)C(OC)OC. The zero-order valence-electron chi connectivity index (χ0n) is 8.41. The first kappa shape index (κ1) is 11.7. The van der Waals surface area contributed by atoms with E-state index in [4.69, 9.17) is 13.9 Å². The van der Waals surface area contributed by atoms with E-state index in [9.17, 15) is 0 Å². The van der Waals surface area contributed by atoms with Gasteiger partial charge in [0.15, 0.2) is 6.29 Å². The molecule has 14 heavy (non-hydrogen) atoms. The van der Waals surface area contributed by atoms with Gasteiger partial charge in [0, 0.05) is 14.2 Å². The van der Waals surface area contributed by atoms with Crippen molar-refractivity contribution < 1.29 is 13.9 Å². The Balaban J connectivity index is 2.86. The zero-order chi connectivity index (χ0) is 10.6. The molecular weight excluding hydrogens is 250 g/mol. The Morgan fingerprint density at radius 1 is 1.43 bits per heavy atom. The Bertz CT molecular complexity index is 273. The third-order valence-electron chi connectivity index (χ3n) is 1.98. The topological polar surface area (TPSA) is 43.6 Å². The summed E-state index contributed by atoms with van der Waals surface area (Å²) in [6.07, 6.45) is 1.24. The van der Waals surface area contributed by atoms with Gasteiger partial charge in [-0.3, -0.25) is 0 Å². The lowest BCUT2D eigenvalue weighted by atomic mass is 10.2. The fraction of sp³-hybridized carbons (Fsp3) is 0.556. The number of hydrogen-bond donors (Lipinski definition) is 1. The first-order valence-electron chi connectivity index (χ1n) is 4.20. The molecule has 0 fully saturated rings. The van der Waals surface area contributed by atoms with Gasteiger partial charge in [-0.1, -0.05) is 0 Å². The van der Waals surface area contributed by atoms with Crippen LogP contribution >= 0.6 is 15.9 Å². The molecule has 80 valence electrons. The molecule has 0 radical (unpaired) electrons. The number of likely N-dealkylation sites (N-methyl/N-ethyl adjacent to an activating group) is 1. The van der Waals surface area contributed by atoms with Crippen molar-refractivity contribution in [1.29, 1.82) is 0 Å². The molecule has 1 atom stereocenters. The van der Waals surface area contributed by atoms with Crippen LogP contribution in [0.1, 0.15) is 11.8 Å². The largest absolute Gasteiger partial charge is 0.466 e. The third-order valence-corrected chi connectivity index (χ3v) is 2.63. The predicted octanol–water partition coefficient (Wildman–Crippen LogP) is 1.92. The van der Waals surface area contributed by atoms with E-state index < -0.39 is 0 Å². The predicted molar refractivity (Wildman–Crippen MR) is 56.0 cm³/mol. The Morgan fingerprint density at radius 2 is 2.07 bits per heavy atom. The highest BCUT2D eigenvalue weighted by molar-refractivity contribution is 9.10. The van der Waals surface area contributed by atoms with Gasteiger partial charge in [0.05, 0.1) is 10.7 Å². The fourth-order valence-corrected chi connectivity index (χ4v) is 1.73. The van der Waals surface area contributed by atoms with Crippen molar-refractivity contribution in [2.75, 3.05) is 21.3 Å². The van der Waals surface area contributed by atoms with Crippen LogP contribution in [0.25, 0.3) is 0 Å². The van der Waals surface area contributed by atoms with Gasteiger partial charge in [-0.25, -0.2) is 0 Å². The Labute approximate surface area is 91.7 Å². The summed E-state index contributed by atoms with van der Waals surface area (Å²) >= 11 is 3.39. The minimum absolute atomic E-state index is 0.130. The van der Waals surface area contributed by atoms with E-state index in [-0.39, 0.29) is 12.3 Å². The third kappa shape index (κ3) is 2.36. The number of hydrogen-bond acceptors (Lipinski definition) is 4. The van der Waals surface area contributed by atoms with Gasteiger partial charge in [-0.15, -0.1) is 0 Å². The quantitative estimate of drug-likeness (QED) is 0.825. The van der Waals surface area contributed by atoms with Crippen molar-refractivity contribution in [3.05, 3.63) is 22.6 Å². The molecule has 4 nitrogen and oxygen atoms in total. The van der Waals surface area contributed by atoms with E-state index in [0.29, 0.717) is 0 Å². The Kier molecular flexibility index (Phi) is 4.60. The van der Waals surface area contributed by atoms with Crippen LogP contribution in [-0.4, -0.2) is 27.6 Å². The summed E-state index contributed by atoms with van der Waals surface area (Å²) < 4.78 is 16.6. The van der Waals surface area contributed by atoms with E-state index in [1.165, 1.54) is 0 Å². The van der Waals surface area contributed by atoms with Gasteiger partial charge in [-0.05, 0) is 29.0 Å². The number of methoxy groups -OCH3 is 2. The number of ether oxygens (including phenoxy) is 2. The van der Waals surface area contributed by atoms with E-state index in [2.05, 4.69) is 21.2 Å². The Morgan fingerprint density at radius 3 is 2.43 bits per heavy atom. The first-order chi connectivity index (χ1) is 6.74. The van der Waals surface area contributed by atoms with Crippen LogP contribution < -0.4 is 5.32 Å². The lowest BCUT2D eigenvalue weighted by Crippen LogP contribution is -2.32. The molecule has 0 amide bonds. The fourth-order valence-electron chi connectivity index (χ4n) is 1.29. The molecule has 0 saturated carbocycles. The van der Waals surface area contributed by atoms with Crippen LogP contribution in [0.4, 0.5) is 0 Å². The highest BCUT2D eigenvalue weighted by Gasteiger charge is 2.25. The summed E-state index contributed by atoms with van der Waals surface area (Å²) in [4.78, 5) is 0. The maximum absolute atomic E-state index is 5.33. The second-order valence-corrected chi connectivity index (χ2v) is 3.59. The second-order valence-electron chi connectivity index (χ2n) is 2.74. The number of furan rings is 1. The van der Waals surface area contributed by atoms with Gasteiger partial charge >= 0.3 is 0 Å². The molecule has 1 heterocycles. The summed E-state index contributed by atoms with van der Waals surface area (Å²) in [6.45, 7) is 0. The summed E-state index contributed by atoms with van der Waals surface area (Å²) in [5.74, 6) is 0.765. The summed E-state index contributed by atoms with van der Waals surface area (Å²) in [6, 6.07) is 1.71. The molecule has 1 rings (SSSR count). The van der Waals surface area contributed by atoms with Crippen LogP contribution in [-0.2, 0) is 9.47 Å². The molecule has 0 aliphatic carbocycles. The van der Waals surface area contributed by atoms with Crippen LogP contribution in [0.15, 0.2) is 21.2 Å². The first-order valence-corrected chi connectivity index (χ1v) is 4.99. The van der Waals surface area contributed by atoms with Gasteiger partial charge in [0.2, 0.25) is 0 Å². The second kappa shape index (κ2) is 5.50. The molecular formula is C9H14BrNO3. The van der Waals surface area contributed by atoms with E-state index >= 15 is 0 Å². The summed E-state index contributed by atoms with van der Waals surface area (Å²) in [7, 11) is 5.01. The van der Waals surface area contributed by atoms with Crippen molar-refractivity contribution in [3.63, 3.8) is 0 Å². The molecule has 0 aromatic carbocycles. The number of rotatable bonds is 5. The van der Waals surface area contributed by atoms with Gasteiger partial charge in [0.1, 0.15) is 11.8 Å². The van der Waals surface area contributed by atoms with Crippen LogP contribution in [0.2, 0.25) is 0 Å². The molecule has 0 aliphatic rings. The molecule has 0 spiro atoms. The number of halogens is 1. The van der Waals surface area contributed by atoms with Crippen LogP contribution in [0.3, 0.4) is 0 Å². The number of nitrogens with one attached hydrogen (secondary N) is 1. The van der Waals surface area contributed by atoms with Crippen LogP contribution in [0.5, 0.6) is 0 Å². The van der Waals surface area contributed by atoms with Crippen molar-refractivity contribution >= 4 is 15.9 Å². The average molecular weight is 264 g/mol. The van der Waals surface area contributed by atoms with E-state index in [1.807, 2.05) is 13.1 Å². The Hall–Kier alpha value is -0.360. The minimum Gasteiger partial charge on any atom is -0.466 e. The average Bonchev–Trinajstić information content (AvgIpc) is 2.61. The van der Waals surface area contributed by atoms with Crippen molar-refractivity contribution in [2.45, 2.75) is 12.3 Å². The van der Waals surface area contributed by atoms with E-state index in [0.717, 1.165) is 10.2 Å². The maximum atomic E-state index is 5.33. The normalized spacial score (nSPS) is 13.5. The van der Waals surface area contributed by atoms with Gasteiger partial charge in [-0.2, -0.15) is 0 Å². The van der Waals surface area contributed by atoms with Crippen molar-refractivity contribution in [2.24, 2.45) is 0 Å². The summed E-state index contributed by atoms with van der Waals surface area (Å²) in [5, 5.41) is 3.07. The molecule has 0 saturated heterocycles. The van der Waals surface area contributed by atoms with E-state index in [1.54, 1.807) is 20.5 Å². The lowest BCUT2D eigenvalue weighted by Gasteiger charge is -2.22. The van der Waals surface area contributed by atoms with Gasteiger partial charge < -0.3 is 19.2 Å². The molecule has 0 bridgehead atoms. The van der Waals surface area contributed by atoms with Crippen molar-refractivity contribution in [3.8, 4) is 0 Å². The molecule has 5 heteroatoms. The molecule has 1 N–H and O–H groups in total. The molecule has 1 unspecified atom stereocenters. The smallest absolute Gasteiger partial charge is 0.179 e. The standard InChI is InChI=1S/C9H14BrNO3/c1-11-7(9(12-2)13-3)8-6(10)4-5-14-8/h4-5,7,9,11H,1-3H3. The maximum Gasteiger partial charge on any atom is 0.179 e. The zero-order valence-corrected chi connectivity index (χ0v) is 10.00. The molecule has 1 aromatic heterocycles. The highest BCUT2D eigenvalue weighted by Crippen LogP contribution is 2.27. The highest BCUT2D eigenvalue weighted by atomic mass is 79.9. The summed E-state index contributed by atoms with van der Waals surface area (Å²) in [5.41, 5.74) is 0. The molecule has 0 aliphatic heterocycles.